The van der Waals surface area contributed by atoms with Crippen molar-refractivity contribution in [3.05, 3.63) is 0 Å². The first-order chi connectivity index (χ1) is 0. The van der Waals surface area contributed by atoms with Crippen molar-refractivity contribution in [2.45, 2.75) is 0 Å². The first-order valence-electron chi connectivity index (χ1n) is 0. The first kappa shape index (κ1) is 274. The molecule has 0 fully saturated rings. The van der Waals surface area contributed by atoms with Gasteiger partial charge in [-0.3, -0.25) is 0 Å². The monoisotopic (exact) mass is 394 g/mol. The van der Waals surface area contributed by atoms with Crippen LogP contribution in [0, 0.1) is 0 Å². The summed E-state index contributed by atoms with van der Waals surface area (Å²) in [6.07, 6.45) is 0. The van der Waals surface area contributed by atoms with Gasteiger partial charge in [-0.2, -0.15) is 0 Å². The van der Waals surface area contributed by atoms with E-state index in [2.05, 4.69) is 0 Å². The van der Waals surface area contributed by atoms with Crippen LogP contribution in [0.5, 0.6) is 0 Å². The topological polar surface area (TPSA) is 171 Å². The van der Waals surface area contributed by atoms with Crippen molar-refractivity contribution >= 4 is 23.1 Å². The van der Waals surface area contributed by atoms with Gasteiger partial charge >= 0.3 is 67.8 Å². The second-order valence-corrected chi connectivity index (χ2v) is 0. The Kier molecular flexibility index (Phi) is 6130. The Morgan fingerprint density at radius 1 is 0.444 bits per heavy atom. The molecule has 9 heavy (non-hydrogen) atoms. The zero-order valence-electron chi connectivity index (χ0n) is 4.05. The van der Waals surface area contributed by atoms with Crippen LogP contribution in [0.3, 0.4) is 0 Å². The van der Waals surface area contributed by atoms with E-state index >= 15 is 0 Å². The zero-order valence-corrected chi connectivity index (χ0v) is 10.9. The van der Waals surface area contributed by atoms with Crippen LogP contribution in [0.2, 0.25) is 0 Å². The molecule has 48 valence electrons. The summed E-state index contributed by atoms with van der Waals surface area (Å²) in [5.74, 6) is 0. The van der Waals surface area contributed by atoms with Crippen LogP contribution in [0.4, 0.5) is 0 Å². The quantitative estimate of drug-likeness (QED) is 0.455. The van der Waals surface area contributed by atoms with Crippen molar-refractivity contribution < 1.29 is 77.6 Å². The maximum absolute atomic E-state index is 0. The maximum Gasteiger partial charge on any atom is 5.00 e. The predicted octanol–water partition coefficient (Wildman–Crippen LogP) is -1.10. The van der Waals surface area contributed by atoms with Crippen LogP contribution < -0.4 is 0 Å². The van der Waals surface area contributed by atoms with Crippen LogP contribution >= 0.6 is 0 Å². The molecule has 0 aromatic carbocycles. The minimum atomic E-state index is 0. The molecule has 9 heteroatoms. The third kappa shape index (κ3) is 159. The Morgan fingerprint density at radius 3 is 0.444 bits per heavy atom. The molecule has 0 aromatic heterocycles. The van der Waals surface area contributed by atoms with Gasteiger partial charge in [0.1, 0.15) is 0 Å². The summed E-state index contributed by atoms with van der Waals surface area (Å²) in [6, 6.07) is 0. The average Bonchev–Trinajstić information content (AvgIpc) is 0. The predicted molar refractivity (Wildman–Crippen MR) is 9.87 cm³/mol. The van der Waals surface area contributed by atoms with Crippen LogP contribution in [0.25, 0.3) is 0 Å². The minimum absolute atomic E-state index is 0. The molecular weight excluding hydrogens is 394 g/mol. The molecular formula is MgNbO6Ta. The molecule has 0 heterocycles. The number of hydrogen-bond acceptors (Lipinski definition) is 0. The Bertz CT molecular complexity index is 13.0. The standard InChI is InChI=1S/Mg.Nb.6O.Ta/q+2;+5;6*-2;+5. The minimum Gasteiger partial charge on any atom is -2.00 e. The van der Waals surface area contributed by atoms with E-state index in [0.29, 0.717) is 0 Å². The molecule has 0 aromatic rings. The van der Waals surface area contributed by atoms with Gasteiger partial charge in [-0.25, -0.2) is 0 Å². The van der Waals surface area contributed by atoms with Gasteiger partial charge in [-0.05, 0) is 0 Å². The van der Waals surface area contributed by atoms with Gasteiger partial charge in [0, 0.05) is 0 Å². The largest absolute Gasteiger partial charge is 5.00 e. The molecule has 0 aliphatic carbocycles. The second kappa shape index (κ2) is 202. The van der Waals surface area contributed by atoms with E-state index < -0.39 is 0 Å². The van der Waals surface area contributed by atoms with Crippen molar-refractivity contribution in [3.8, 4) is 0 Å². The van der Waals surface area contributed by atoms with E-state index in [1.165, 1.54) is 0 Å². The fourth-order valence-electron chi connectivity index (χ4n) is 0. The van der Waals surface area contributed by atoms with Crippen LogP contribution in [0.1, 0.15) is 0 Å². The molecule has 0 rings (SSSR count). The Hall–Kier alpha value is 2.01. The van der Waals surface area contributed by atoms with E-state index in [0.717, 1.165) is 0 Å². The van der Waals surface area contributed by atoms with Gasteiger partial charge < -0.3 is 32.9 Å². The van der Waals surface area contributed by atoms with E-state index in [9.17, 15) is 0 Å². The fraction of sp³-hybridized carbons (Fsp3) is 0. The SMILES string of the molecule is [Mg+2].[Nb+5].[O-2].[O-2].[O-2].[O-2].[O-2].[O-2].[Ta+5]. The van der Waals surface area contributed by atoms with Crippen molar-refractivity contribution in [2.24, 2.45) is 0 Å². The van der Waals surface area contributed by atoms with Gasteiger partial charge in [0.15, 0.2) is 0 Å². The van der Waals surface area contributed by atoms with Gasteiger partial charge in [0.25, 0.3) is 0 Å². The van der Waals surface area contributed by atoms with Crippen LogP contribution in [-0.2, 0) is 77.6 Å². The molecule has 0 aliphatic heterocycles. The van der Waals surface area contributed by atoms with Crippen molar-refractivity contribution in [1.29, 1.82) is 0 Å². The molecule has 0 N–H and O–H groups in total. The van der Waals surface area contributed by atoms with Crippen molar-refractivity contribution in [1.82, 2.24) is 0 Å². The van der Waals surface area contributed by atoms with Crippen molar-refractivity contribution in [3.63, 3.8) is 0 Å². The molecule has 0 amide bonds. The summed E-state index contributed by atoms with van der Waals surface area (Å²) in [4.78, 5) is 0. The summed E-state index contributed by atoms with van der Waals surface area (Å²) < 4.78 is 0. The molecule has 0 bridgehead atoms. The molecule has 0 spiro atoms. The van der Waals surface area contributed by atoms with Crippen LogP contribution in [0.15, 0.2) is 0 Å². The molecule has 0 unspecified atom stereocenters. The summed E-state index contributed by atoms with van der Waals surface area (Å²) in [7, 11) is 0. The van der Waals surface area contributed by atoms with Gasteiger partial charge in [-0.15, -0.1) is 0 Å². The molecule has 0 atom stereocenters. The first-order valence-corrected chi connectivity index (χ1v) is 0. The second-order valence-electron chi connectivity index (χ2n) is 0. The summed E-state index contributed by atoms with van der Waals surface area (Å²) >= 11 is 0. The van der Waals surface area contributed by atoms with E-state index in [-0.39, 0.29) is 101 Å². The molecule has 0 saturated heterocycles. The fourth-order valence-corrected chi connectivity index (χ4v) is 0. The molecule has 6 nitrogen and oxygen atoms in total. The van der Waals surface area contributed by atoms with Gasteiger partial charge in [0.2, 0.25) is 0 Å². The van der Waals surface area contributed by atoms with Gasteiger partial charge in [0.05, 0.1) is 0 Å². The number of hydrogen-bond donors (Lipinski definition) is 0. The molecule has 0 aliphatic rings. The average molecular weight is 394 g/mol. The summed E-state index contributed by atoms with van der Waals surface area (Å²) in [5, 5.41) is 0. The third-order valence-corrected chi connectivity index (χ3v) is 0. The normalized spacial score (nSPS) is 0. The Labute approximate surface area is 99.8 Å². The van der Waals surface area contributed by atoms with Crippen molar-refractivity contribution in [2.75, 3.05) is 0 Å². The zero-order chi connectivity index (χ0) is 0. The van der Waals surface area contributed by atoms with E-state index in [4.69, 9.17) is 0 Å². The van der Waals surface area contributed by atoms with E-state index in [1.54, 1.807) is 0 Å². The van der Waals surface area contributed by atoms with Gasteiger partial charge in [-0.1, -0.05) is 0 Å². The Morgan fingerprint density at radius 2 is 0.444 bits per heavy atom. The molecule has 0 saturated carbocycles. The maximum atomic E-state index is 0. The smallest absolute Gasteiger partial charge is 2.00 e. The molecule has 0 radical (unpaired) electrons. The summed E-state index contributed by atoms with van der Waals surface area (Å²) in [5.41, 5.74) is 0. The third-order valence-electron chi connectivity index (χ3n) is 0. The van der Waals surface area contributed by atoms with E-state index in [1.807, 2.05) is 0 Å². The Balaban J connectivity index is 0. The van der Waals surface area contributed by atoms with Crippen LogP contribution in [-0.4, -0.2) is 23.1 Å². The number of rotatable bonds is 0. The summed E-state index contributed by atoms with van der Waals surface area (Å²) in [6.45, 7) is 0.